The molecule has 26 heavy (non-hydrogen) atoms. The van der Waals surface area contributed by atoms with E-state index in [0.29, 0.717) is 0 Å². The normalized spacial score (nSPS) is 13.1. The van der Waals surface area contributed by atoms with Gasteiger partial charge in [-0.15, -0.1) is 0 Å². The van der Waals surface area contributed by atoms with Gasteiger partial charge in [0.15, 0.2) is 23.3 Å². The Morgan fingerprint density at radius 2 is 0.577 bits per heavy atom. The lowest BCUT2D eigenvalue weighted by atomic mass is 10.1. The van der Waals surface area contributed by atoms with Gasteiger partial charge in [0.2, 0.25) is 0 Å². The predicted octanol–water partition coefficient (Wildman–Crippen LogP) is 7.22. The van der Waals surface area contributed by atoms with Gasteiger partial charge in [0.1, 0.15) is 0 Å². The molecule has 0 aromatic heterocycles. The summed E-state index contributed by atoms with van der Waals surface area (Å²) in [5.74, 6) is -4.14. The van der Waals surface area contributed by atoms with Crippen LogP contribution in [0.5, 0.6) is 0 Å². The van der Waals surface area contributed by atoms with Crippen molar-refractivity contribution in [3.8, 4) is 0 Å². The maximum atomic E-state index is 14.3. The third-order valence-electron chi connectivity index (χ3n) is 3.83. The fourth-order valence-corrected chi connectivity index (χ4v) is 2.44. The van der Waals surface area contributed by atoms with Gasteiger partial charge < -0.3 is 0 Å². The first-order valence-electron chi connectivity index (χ1n) is 7.90. The standard InChI is InChI=1S/C22H14F4/c23-19(15-7-3-1-4-8-15)21(25)17-11-13-18(14-12-17)22(26)20(24)16-9-5-2-6-10-16/h1-14H/b21-19+,22-20+. The molecular formula is C22H14F4. The summed E-state index contributed by atoms with van der Waals surface area (Å²) < 4.78 is 57.0. The van der Waals surface area contributed by atoms with Crippen LogP contribution < -0.4 is 0 Å². The molecule has 0 spiro atoms. The molecular weight excluding hydrogens is 340 g/mol. The van der Waals surface area contributed by atoms with E-state index in [0.717, 1.165) is 0 Å². The minimum absolute atomic E-state index is 0.0528. The van der Waals surface area contributed by atoms with E-state index in [1.165, 1.54) is 48.5 Å². The molecule has 0 saturated carbocycles. The van der Waals surface area contributed by atoms with Crippen molar-refractivity contribution in [1.82, 2.24) is 0 Å². The minimum atomic E-state index is -1.06. The van der Waals surface area contributed by atoms with E-state index in [-0.39, 0.29) is 22.3 Å². The van der Waals surface area contributed by atoms with Crippen molar-refractivity contribution in [2.45, 2.75) is 0 Å². The van der Waals surface area contributed by atoms with Crippen LogP contribution in [0, 0.1) is 0 Å². The Labute approximate surface area is 148 Å². The Hall–Kier alpha value is -3.14. The van der Waals surface area contributed by atoms with E-state index >= 15 is 0 Å². The Bertz CT molecular complexity index is 860. The van der Waals surface area contributed by atoms with E-state index in [1.54, 1.807) is 36.4 Å². The van der Waals surface area contributed by atoms with Gasteiger partial charge in [0.25, 0.3) is 0 Å². The largest absolute Gasteiger partial charge is 0.203 e. The van der Waals surface area contributed by atoms with E-state index < -0.39 is 23.3 Å². The SMILES string of the molecule is F/C(=C(/F)c1ccc(/C(F)=C(\F)c2ccccc2)cc1)c1ccccc1. The van der Waals surface area contributed by atoms with Crippen molar-refractivity contribution >= 4 is 23.3 Å². The average Bonchev–Trinajstić information content (AvgIpc) is 2.73. The first kappa shape index (κ1) is 17.7. The number of hydrogen-bond donors (Lipinski definition) is 0. The minimum Gasteiger partial charge on any atom is -0.203 e. The summed E-state index contributed by atoms with van der Waals surface area (Å²) in [5, 5.41) is 0. The molecule has 0 fully saturated rings. The Balaban J connectivity index is 1.91. The molecule has 0 radical (unpaired) electrons. The molecule has 0 aliphatic heterocycles. The molecule has 3 rings (SSSR count). The van der Waals surface area contributed by atoms with Crippen LogP contribution in [-0.4, -0.2) is 0 Å². The second-order valence-corrected chi connectivity index (χ2v) is 5.57. The molecule has 0 atom stereocenters. The Kier molecular flexibility index (Phi) is 5.32. The molecule has 0 N–H and O–H groups in total. The monoisotopic (exact) mass is 354 g/mol. The molecule has 0 unspecified atom stereocenters. The fourth-order valence-electron chi connectivity index (χ4n) is 2.44. The van der Waals surface area contributed by atoms with E-state index in [4.69, 9.17) is 0 Å². The van der Waals surface area contributed by atoms with Gasteiger partial charge in [-0.1, -0.05) is 84.9 Å². The Morgan fingerprint density at radius 3 is 0.846 bits per heavy atom. The second-order valence-electron chi connectivity index (χ2n) is 5.57. The van der Waals surface area contributed by atoms with Crippen molar-refractivity contribution in [1.29, 1.82) is 0 Å². The summed E-state index contributed by atoms with van der Waals surface area (Å²) in [6.07, 6.45) is 0. The van der Waals surface area contributed by atoms with Crippen LogP contribution in [0.15, 0.2) is 84.9 Å². The van der Waals surface area contributed by atoms with Gasteiger partial charge in [-0.2, -0.15) is 0 Å². The van der Waals surface area contributed by atoms with Gasteiger partial charge in [0.05, 0.1) is 0 Å². The fraction of sp³-hybridized carbons (Fsp3) is 0. The molecule has 0 saturated heterocycles. The zero-order chi connectivity index (χ0) is 18.5. The molecule has 0 aliphatic carbocycles. The van der Waals surface area contributed by atoms with Crippen molar-refractivity contribution < 1.29 is 17.6 Å². The lowest BCUT2D eigenvalue weighted by Gasteiger charge is -2.05. The van der Waals surface area contributed by atoms with Crippen LogP contribution in [0.1, 0.15) is 22.3 Å². The summed E-state index contributed by atoms with van der Waals surface area (Å²) in [4.78, 5) is 0. The second kappa shape index (κ2) is 7.83. The summed E-state index contributed by atoms with van der Waals surface area (Å²) in [7, 11) is 0. The third kappa shape index (κ3) is 3.75. The average molecular weight is 354 g/mol. The van der Waals surface area contributed by atoms with Gasteiger partial charge in [0, 0.05) is 22.3 Å². The smallest absolute Gasteiger partial charge is 0.166 e. The van der Waals surface area contributed by atoms with Crippen LogP contribution in [-0.2, 0) is 0 Å². The molecule has 4 heteroatoms. The molecule has 0 aliphatic rings. The number of halogens is 4. The van der Waals surface area contributed by atoms with E-state index in [2.05, 4.69) is 0 Å². The van der Waals surface area contributed by atoms with Crippen molar-refractivity contribution in [2.24, 2.45) is 0 Å². The highest BCUT2D eigenvalue weighted by Crippen LogP contribution is 2.32. The van der Waals surface area contributed by atoms with Gasteiger partial charge >= 0.3 is 0 Å². The zero-order valence-corrected chi connectivity index (χ0v) is 13.6. The Morgan fingerprint density at radius 1 is 0.346 bits per heavy atom. The predicted molar refractivity (Wildman–Crippen MR) is 97.4 cm³/mol. The highest BCUT2D eigenvalue weighted by atomic mass is 19.2. The first-order chi connectivity index (χ1) is 12.6. The number of benzene rings is 3. The lowest BCUT2D eigenvalue weighted by molar-refractivity contribution is 0.698. The van der Waals surface area contributed by atoms with Gasteiger partial charge in [-0.3, -0.25) is 0 Å². The molecule has 0 heterocycles. The molecule has 0 amide bonds. The zero-order valence-electron chi connectivity index (χ0n) is 13.6. The quantitative estimate of drug-likeness (QED) is 0.343. The molecule has 0 nitrogen and oxygen atoms in total. The van der Waals surface area contributed by atoms with Gasteiger partial charge in [-0.05, 0) is 0 Å². The molecule has 130 valence electrons. The summed E-state index contributed by atoms with van der Waals surface area (Å²) in [6.45, 7) is 0. The summed E-state index contributed by atoms with van der Waals surface area (Å²) in [6, 6.07) is 20.4. The van der Waals surface area contributed by atoms with Crippen LogP contribution in [0.25, 0.3) is 23.3 Å². The van der Waals surface area contributed by atoms with Crippen molar-refractivity contribution in [3.05, 3.63) is 107 Å². The maximum Gasteiger partial charge on any atom is 0.166 e. The third-order valence-corrected chi connectivity index (χ3v) is 3.83. The number of rotatable bonds is 4. The molecule has 0 bridgehead atoms. The van der Waals surface area contributed by atoms with Crippen molar-refractivity contribution in [3.63, 3.8) is 0 Å². The highest BCUT2D eigenvalue weighted by molar-refractivity contribution is 5.85. The summed E-state index contributed by atoms with van der Waals surface area (Å²) in [5.41, 5.74) is 0.108. The van der Waals surface area contributed by atoms with Crippen LogP contribution in [0.3, 0.4) is 0 Å². The van der Waals surface area contributed by atoms with Crippen LogP contribution in [0.4, 0.5) is 17.6 Å². The maximum absolute atomic E-state index is 14.3. The van der Waals surface area contributed by atoms with Gasteiger partial charge in [-0.25, -0.2) is 17.6 Å². The lowest BCUT2D eigenvalue weighted by Crippen LogP contribution is -1.87. The van der Waals surface area contributed by atoms with E-state index in [9.17, 15) is 17.6 Å². The highest BCUT2D eigenvalue weighted by Gasteiger charge is 2.14. The summed E-state index contributed by atoms with van der Waals surface area (Å²) >= 11 is 0. The molecule has 3 aromatic carbocycles. The first-order valence-corrected chi connectivity index (χ1v) is 7.90. The van der Waals surface area contributed by atoms with Crippen LogP contribution >= 0.6 is 0 Å². The molecule has 3 aromatic rings. The van der Waals surface area contributed by atoms with Crippen molar-refractivity contribution in [2.75, 3.05) is 0 Å². The number of hydrogen-bond acceptors (Lipinski definition) is 0. The van der Waals surface area contributed by atoms with E-state index in [1.807, 2.05) is 0 Å². The topological polar surface area (TPSA) is 0 Å². The van der Waals surface area contributed by atoms with Crippen LogP contribution in [0.2, 0.25) is 0 Å².